The van der Waals surface area contributed by atoms with Crippen LogP contribution in [0.3, 0.4) is 0 Å². The van der Waals surface area contributed by atoms with E-state index in [9.17, 15) is 19.4 Å². The Morgan fingerprint density at radius 1 is 0.473 bits per heavy atom. The van der Waals surface area contributed by atoms with E-state index in [0.29, 0.717) is 17.4 Å². The Balaban J connectivity index is 3.95. The van der Waals surface area contributed by atoms with E-state index >= 15 is 0 Å². The lowest BCUT2D eigenvalue weighted by Crippen LogP contribution is -2.45. The molecule has 8 nitrogen and oxygen atoms in total. The first-order valence-corrected chi connectivity index (χ1v) is 33.5. The smallest absolute Gasteiger partial charge is 0.268 e. The van der Waals surface area contributed by atoms with Crippen LogP contribution in [0.4, 0.5) is 0 Å². The second kappa shape index (κ2) is 56.2. The van der Waals surface area contributed by atoms with E-state index in [1.165, 1.54) is 238 Å². The minimum Gasteiger partial charge on any atom is -0.756 e. The van der Waals surface area contributed by atoms with Crippen LogP contribution in [0.15, 0.2) is 48.6 Å². The summed E-state index contributed by atoms with van der Waals surface area (Å²) in [5.41, 5.74) is 0. The summed E-state index contributed by atoms with van der Waals surface area (Å²) >= 11 is 0. The summed E-state index contributed by atoms with van der Waals surface area (Å²) in [6.45, 7) is 4.67. The quantitative estimate of drug-likeness (QED) is 0.0272. The van der Waals surface area contributed by atoms with E-state index in [1.54, 1.807) is 6.08 Å². The molecule has 3 atom stereocenters. The molecular formula is C65H125N2O6P. The van der Waals surface area contributed by atoms with Crippen molar-refractivity contribution < 1.29 is 32.9 Å². The van der Waals surface area contributed by atoms with Gasteiger partial charge in [-0.05, 0) is 57.8 Å². The van der Waals surface area contributed by atoms with E-state index < -0.39 is 20.0 Å². The predicted octanol–water partition coefficient (Wildman–Crippen LogP) is 19.2. The number of amides is 1. The van der Waals surface area contributed by atoms with Crippen LogP contribution in [-0.4, -0.2) is 68.5 Å². The number of carbonyl (C=O) groups excluding carboxylic acids is 1. The van der Waals surface area contributed by atoms with Crippen LogP contribution >= 0.6 is 7.82 Å². The largest absolute Gasteiger partial charge is 0.756 e. The molecular weight excluding hydrogens is 936 g/mol. The van der Waals surface area contributed by atoms with Crippen LogP contribution in [0.5, 0.6) is 0 Å². The molecule has 0 aromatic rings. The average molecular weight is 1060 g/mol. The number of likely N-dealkylation sites (N-methyl/N-ethyl adjacent to an activating group) is 1. The highest BCUT2D eigenvalue weighted by Gasteiger charge is 2.23. The SMILES string of the molecule is CCCCCCC/C=C\C/C=C\C/C=C\CCCCCCCCCCCCCCCCCCCCCCCCC(=O)NC(COP(=O)([O-])OCC[N+](C)(C)C)C(O)/C=C/CCCCCCCCCCCCCCC. The zero-order valence-corrected chi connectivity index (χ0v) is 50.7. The Morgan fingerprint density at radius 2 is 0.784 bits per heavy atom. The number of hydrogen-bond donors (Lipinski definition) is 2. The van der Waals surface area contributed by atoms with Gasteiger partial charge in [0.15, 0.2) is 0 Å². The van der Waals surface area contributed by atoms with Crippen LogP contribution in [0.1, 0.15) is 309 Å². The van der Waals surface area contributed by atoms with Gasteiger partial charge < -0.3 is 28.8 Å². The first kappa shape index (κ1) is 72.5. The highest BCUT2D eigenvalue weighted by molar-refractivity contribution is 7.45. The van der Waals surface area contributed by atoms with Crippen molar-refractivity contribution in [2.45, 2.75) is 321 Å². The molecule has 74 heavy (non-hydrogen) atoms. The number of phosphoric acid groups is 1. The normalized spacial score (nSPS) is 14.1. The van der Waals surface area contributed by atoms with Crippen LogP contribution in [0, 0.1) is 0 Å². The number of quaternary nitrogens is 1. The standard InChI is InChI=1S/C65H125N2O6P/c1-6-8-10-12-14-16-18-20-22-23-24-25-26-27-28-29-30-31-32-33-34-35-36-37-38-39-40-41-42-43-45-47-49-51-53-55-57-59-65(69)66-63(62-73-74(70,71)72-61-60-67(3,4)5)64(68)58-56-54-52-50-48-46-44-21-19-17-15-13-11-9-7-2/h18,20,23-24,26-27,56,58,63-64,68H,6-17,19,21-22,25,28-55,57,59-62H2,1-5H3,(H-,66,69,70,71)/b20-18-,24-23-,27-26-,58-56+. The van der Waals surface area contributed by atoms with Crippen molar-refractivity contribution in [3.05, 3.63) is 48.6 Å². The molecule has 0 aromatic carbocycles. The third-order valence-corrected chi connectivity index (χ3v) is 15.5. The fourth-order valence-corrected chi connectivity index (χ4v) is 10.2. The number of aliphatic hydroxyl groups is 1. The molecule has 1 amide bonds. The number of carbonyl (C=O) groups is 1. The Bertz CT molecular complexity index is 1340. The molecule has 9 heteroatoms. The second-order valence-electron chi connectivity index (χ2n) is 23.1. The molecule has 0 aromatic heterocycles. The zero-order valence-electron chi connectivity index (χ0n) is 49.8. The summed E-state index contributed by atoms with van der Waals surface area (Å²) in [6.07, 6.45) is 75.0. The minimum absolute atomic E-state index is 0.000352. The van der Waals surface area contributed by atoms with Crippen LogP contribution in [-0.2, 0) is 18.4 Å². The number of hydrogen-bond acceptors (Lipinski definition) is 6. The molecule has 0 rings (SSSR count). The molecule has 0 fully saturated rings. The van der Waals surface area contributed by atoms with Crippen LogP contribution < -0.4 is 10.2 Å². The van der Waals surface area contributed by atoms with Crippen molar-refractivity contribution in [3.63, 3.8) is 0 Å². The number of phosphoric ester groups is 1. The fourth-order valence-electron chi connectivity index (χ4n) is 9.52. The summed E-state index contributed by atoms with van der Waals surface area (Å²) in [4.78, 5) is 25.5. The van der Waals surface area contributed by atoms with Gasteiger partial charge in [0.25, 0.3) is 7.82 Å². The van der Waals surface area contributed by atoms with Gasteiger partial charge >= 0.3 is 0 Å². The molecule has 0 heterocycles. The first-order chi connectivity index (χ1) is 36.0. The molecule has 0 radical (unpaired) electrons. The maximum Gasteiger partial charge on any atom is 0.268 e. The molecule has 0 aliphatic rings. The van der Waals surface area contributed by atoms with Crippen molar-refractivity contribution in [1.82, 2.24) is 5.32 Å². The molecule has 3 unspecified atom stereocenters. The molecule has 0 spiro atoms. The summed E-state index contributed by atoms with van der Waals surface area (Å²) in [6, 6.07) is -0.885. The number of nitrogens with one attached hydrogen (secondary N) is 1. The Labute approximate surface area is 460 Å². The van der Waals surface area contributed by atoms with Crippen molar-refractivity contribution in [3.8, 4) is 0 Å². The molecule has 0 aliphatic carbocycles. The number of aliphatic hydroxyl groups excluding tert-OH is 1. The maximum absolute atomic E-state index is 13.0. The van der Waals surface area contributed by atoms with E-state index in [0.717, 1.165) is 51.4 Å². The number of unbranched alkanes of at least 4 members (excludes halogenated alkanes) is 40. The van der Waals surface area contributed by atoms with Crippen molar-refractivity contribution in [2.75, 3.05) is 40.9 Å². The summed E-state index contributed by atoms with van der Waals surface area (Å²) in [5, 5.41) is 13.9. The van der Waals surface area contributed by atoms with Crippen molar-refractivity contribution >= 4 is 13.7 Å². The summed E-state index contributed by atoms with van der Waals surface area (Å²) < 4.78 is 23.4. The third kappa shape index (κ3) is 58.1. The number of nitrogens with zero attached hydrogens (tertiary/aromatic N) is 1. The van der Waals surface area contributed by atoms with Gasteiger partial charge in [-0.1, -0.05) is 294 Å². The van der Waals surface area contributed by atoms with Gasteiger partial charge in [-0.2, -0.15) is 0 Å². The molecule has 0 aliphatic heterocycles. The summed E-state index contributed by atoms with van der Waals surface area (Å²) in [7, 11) is 1.27. The minimum atomic E-state index is -4.59. The molecule has 0 saturated heterocycles. The highest BCUT2D eigenvalue weighted by atomic mass is 31.2. The van der Waals surface area contributed by atoms with Gasteiger partial charge in [-0.15, -0.1) is 0 Å². The fraction of sp³-hybridized carbons (Fsp3) is 0.862. The maximum atomic E-state index is 13.0. The van der Waals surface area contributed by atoms with Gasteiger partial charge in [-0.25, -0.2) is 0 Å². The highest BCUT2D eigenvalue weighted by Crippen LogP contribution is 2.38. The van der Waals surface area contributed by atoms with Crippen molar-refractivity contribution in [2.24, 2.45) is 0 Å². The van der Waals surface area contributed by atoms with E-state index in [-0.39, 0.29) is 19.1 Å². The molecule has 2 N–H and O–H groups in total. The van der Waals surface area contributed by atoms with Gasteiger partial charge in [0.1, 0.15) is 13.2 Å². The Hall–Kier alpha value is -1.54. The zero-order chi connectivity index (χ0) is 54.2. The third-order valence-electron chi connectivity index (χ3n) is 14.5. The average Bonchev–Trinajstić information content (AvgIpc) is 3.36. The molecule has 0 bridgehead atoms. The van der Waals surface area contributed by atoms with Crippen molar-refractivity contribution in [1.29, 1.82) is 0 Å². The number of rotatable bonds is 59. The number of allylic oxidation sites excluding steroid dienone is 7. The lowest BCUT2D eigenvalue weighted by atomic mass is 10.0. The van der Waals surface area contributed by atoms with Gasteiger partial charge in [0, 0.05) is 6.42 Å². The lowest BCUT2D eigenvalue weighted by molar-refractivity contribution is -0.870. The van der Waals surface area contributed by atoms with Gasteiger partial charge in [0.05, 0.1) is 39.9 Å². The Kier molecular flexibility index (Phi) is 55.0. The summed E-state index contributed by atoms with van der Waals surface area (Å²) in [5.74, 6) is -0.193. The van der Waals surface area contributed by atoms with Crippen LogP contribution in [0.25, 0.3) is 0 Å². The van der Waals surface area contributed by atoms with E-state index in [1.807, 2.05) is 27.2 Å². The monoisotopic (exact) mass is 1060 g/mol. The predicted molar refractivity (Wildman–Crippen MR) is 321 cm³/mol. The second-order valence-corrected chi connectivity index (χ2v) is 24.5. The molecule has 436 valence electrons. The van der Waals surface area contributed by atoms with Crippen LogP contribution in [0.2, 0.25) is 0 Å². The van der Waals surface area contributed by atoms with Gasteiger partial charge in [-0.3, -0.25) is 9.36 Å². The first-order valence-electron chi connectivity index (χ1n) is 32.0. The van der Waals surface area contributed by atoms with Gasteiger partial charge in [0.2, 0.25) is 5.91 Å². The molecule has 0 saturated carbocycles. The van der Waals surface area contributed by atoms with E-state index in [2.05, 4.69) is 55.6 Å². The van der Waals surface area contributed by atoms with E-state index in [4.69, 9.17) is 9.05 Å². The Morgan fingerprint density at radius 3 is 1.14 bits per heavy atom. The topological polar surface area (TPSA) is 108 Å². The lowest BCUT2D eigenvalue weighted by Gasteiger charge is -2.29.